The van der Waals surface area contributed by atoms with Crippen LogP contribution < -0.4 is 16.3 Å². The molecule has 41 heavy (non-hydrogen) atoms. The Bertz CT molecular complexity index is 940. The largest absolute Gasteiger partial charge is 0.330 e. The van der Waals surface area contributed by atoms with E-state index < -0.39 is 0 Å². The molecule has 224 valence electrons. The summed E-state index contributed by atoms with van der Waals surface area (Å²) < 4.78 is 0. The summed E-state index contributed by atoms with van der Waals surface area (Å²) in [5.74, 6) is 0.344. The smallest absolute Gasteiger partial charge is 0.0225 e. The summed E-state index contributed by atoms with van der Waals surface area (Å²) in [5, 5.41) is 3.51. The minimum atomic E-state index is -0.141. The molecule has 0 unspecified atom stereocenters. The average Bonchev–Trinajstić information content (AvgIpc) is 3.05. The van der Waals surface area contributed by atoms with Crippen LogP contribution in [0, 0.1) is 0 Å². The number of hydrogen-bond donors (Lipinski definition) is 1. The zero-order valence-electron chi connectivity index (χ0n) is 25.8. The minimum Gasteiger partial charge on any atom is -0.330 e. The van der Waals surface area contributed by atoms with Gasteiger partial charge in [0.15, 0.2) is 0 Å². The highest BCUT2D eigenvalue weighted by atomic mass is 31.1. The van der Waals surface area contributed by atoms with Crippen LogP contribution in [0.5, 0.6) is 0 Å². The van der Waals surface area contributed by atoms with Crippen molar-refractivity contribution in [2.75, 3.05) is 6.54 Å². The first-order chi connectivity index (χ1) is 20.3. The SMILES string of the molecule is NCC(c1ccccc1P(C1CCCCC1)C1CCCCC1)c1ccccc1P(C1CCCCC1)C1CCCCC1. The fourth-order valence-corrected chi connectivity index (χ4v) is 17.3. The normalized spacial score (nSPS) is 22.6. The summed E-state index contributed by atoms with van der Waals surface area (Å²) in [5.41, 5.74) is 13.9. The first-order valence-electron chi connectivity index (χ1n) is 17.8. The summed E-state index contributed by atoms with van der Waals surface area (Å²) in [6.07, 6.45) is 29.2. The predicted molar refractivity (Wildman–Crippen MR) is 184 cm³/mol. The van der Waals surface area contributed by atoms with Crippen LogP contribution in [0.25, 0.3) is 0 Å². The molecule has 0 bridgehead atoms. The maximum absolute atomic E-state index is 6.90. The third-order valence-electron chi connectivity index (χ3n) is 11.3. The standard InChI is InChI=1S/C38H57NP2/c39-29-36(34-25-13-15-27-37(34)40(30-17-5-1-6-18-30)31-19-7-2-8-20-31)35-26-14-16-28-38(35)41(32-21-9-3-10-22-32)33-23-11-4-12-24-33/h13-16,25-28,30-33,36H,1-12,17-24,29,39H2. The van der Waals surface area contributed by atoms with Crippen LogP contribution in [-0.2, 0) is 0 Å². The van der Waals surface area contributed by atoms with Crippen LogP contribution in [-0.4, -0.2) is 29.2 Å². The van der Waals surface area contributed by atoms with Gasteiger partial charge in [-0.3, -0.25) is 0 Å². The molecule has 0 aliphatic heterocycles. The van der Waals surface area contributed by atoms with E-state index in [1.165, 1.54) is 128 Å². The molecule has 4 fully saturated rings. The number of hydrogen-bond acceptors (Lipinski definition) is 1. The predicted octanol–water partition coefficient (Wildman–Crippen LogP) is 10.3. The van der Waals surface area contributed by atoms with Gasteiger partial charge in [-0.1, -0.05) is 141 Å². The zero-order valence-corrected chi connectivity index (χ0v) is 27.6. The van der Waals surface area contributed by atoms with Crippen LogP contribution in [0.2, 0.25) is 0 Å². The molecule has 0 heterocycles. The Morgan fingerprint density at radius 3 is 1.05 bits per heavy atom. The van der Waals surface area contributed by atoms with Gasteiger partial charge in [0, 0.05) is 12.5 Å². The van der Waals surface area contributed by atoms with E-state index in [-0.39, 0.29) is 15.8 Å². The summed E-state index contributed by atoms with van der Waals surface area (Å²) in [4.78, 5) is 0. The van der Waals surface area contributed by atoms with E-state index in [4.69, 9.17) is 5.73 Å². The third kappa shape index (κ3) is 7.16. The van der Waals surface area contributed by atoms with Crippen molar-refractivity contribution < 1.29 is 0 Å². The van der Waals surface area contributed by atoms with Crippen molar-refractivity contribution in [2.45, 2.75) is 157 Å². The van der Waals surface area contributed by atoms with Crippen LogP contribution in [0.1, 0.15) is 145 Å². The van der Waals surface area contributed by atoms with Crippen LogP contribution >= 0.6 is 15.8 Å². The van der Waals surface area contributed by atoms with Crippen molar-refractivity contribution in [3.63, 3.8) is 0 Å². The second-order valence-corrected chi connectivity index (χ2v) is 19.4. The summed E-state index contributed by atoms with van der Waals surface area (Å²) >= 11 is 0. The van der Waals surface area contributed by atoms with Gasteiger partial charge < -0.3 is 5.73 Å². The number of rotatable bonds is 9. The molecule has 4 aliphatic carbocycles. The third-order valence-corrected chi connectivity index (χ3v) is 18.4. The Morgan fingerprint density at radius 2 is 0.756 bits per heavy atom. The molecule has 0 amide bonds. The molecule has 2 aromatic carbocycles. The molecular formula is C38H57NP2. The van der Waals surface area contributed by atoms with Crippen molar-refractivity contribution >= 4 is 26.5 Å². The minimum absolute atomic E-state index is 0.141. The molecule has 0 atom stereocenters. The maximum Gasteiger partial charge on any atom is 0.0225 e. The Balaban J connectivity index is 1.40. The van der Waals surface area contributed by atoms with Gasteiger partial charge in [0.1, 0.15) is 0 Å². The Kier molecular flexibility index (Phi) is 11.3. The molecule has 0 aromatic heterocycles. The lowest BCUT2D eigenvalue weighted by atomic mass is 9.91. The monoisotopic (exact) mass is 589 g/mol. The quantitative estimate of drug-likeness (QED) is 0.289. The van der Waals surface area contributed by atoms with E-state index >= 15 is 0 Å². The lowest BCUT2D eigenvalue weighted by molar-refractivity contribution is 0.486. The second kappa shape index (κ2) is 15.3. The Morgan fingerprint density at radius 1 is 0.463 bits per heavy atom. The zero-order chi connectivity index (χ0) is 27.9. The summed E-state index contributed by atoms with van der Waals surface area (Å²) in [7, 11) is -0.282. The van der Waals surface area contributed by atoms with Gasteiger partial charge in [-0.05, 0) is 95.7 Å². The van der Waals surface area contributed by atoms with Crippen LogP contribution in [0.3, 0.4) is 0 Å². The molecule has 1 nitrogen and oxygen atoms in total. The maximum atomic E-state index is 6.90. The van der Waals surface area contributed by atoms with E-state index in [1.54, 1.807) is 21.7 Å². The first-order valence-corrected chi connectivity index (χ1v) is 20.8. The van der Waals surface area contributed by atoms with E-state index in [0.717, 1.165) is 29.2 Å². The molecule has 2 aromatic rings. The van der Waals surface area contributed by atoms with E-state index in [9.17, 15) is 0 Å². The molecule has 6 rings (SSSR count). The fraction of sp³-hybridized carbons (Fsp3) is 0.684. The average molecular weight is 590 g/mol. The van der Waals surface area contributed by atoms with Crippen molar-refractivity contribution in [3.8, 4) is 0 Å². The van der Waals surface area contributed by atoms with Gasteiger partial charge in [-0.2, -0.15) is 0 Å². The van der Waals surface area contributed by atoms with Crippen LogP contribution in [0.4, 0.5) is 0 Å². The molecular weight excluding hydrogens is 532 g/mol. The highest BCUT2D eigenvalue weighted by Gasteiger charge is 2.37. The number of nitrogens with two attached hydrogens (primary N) is 1. The lowest BCUT2D eigenvalue weighted by Gasteiger charge is -2.41. The molecule has 3 heteroatoms. The fourth-order valence-electron chi connectivity index (χ4n) is 9.28. The molecule has 4 aliphatic rings. The lowest BCUT2D eigenvalue weighted by Crippen LogP contribution is -2.33. The van der Waals surface area contributed by atoms with Gasteiger partial charge in [-0.15, -0.1) is 0 Å². The van der Waals surface area contributed by atoms with Crippen molar-refractivity contribution in [3.05, 3.63) is 59.7 Å². The molecule has 0 spiro atoms. The van der Waals surface area contributed by atoms with Gasteiger partial charge in [0.25, 0.3) is 0 Å². The number of benzene rings is 2. The van der Waals surface area contributed by atoms with E-state index in [0.29, 0.717) is 5.92 Å². The van der Waals surface area contributed by atoms with Gasteiger partial charge in [0.05, 0.1) is 0 Å². The van der Waals surface area contributed by atoms with Crippen molar-refractivity contribution in [1.29, 1.82) is 0 Å². The summed E-state index contributed by atoms with van der Waals surface area (Å²) in [6, 6.07) is 19.6. The van der Waals surface area contributed by atoms with Gasteiger partial charge >= 0.3 is 0 Å². The highest BCUT2D eigenvalue weighted by molar-refractivity contribution is 7.67. The Hall–Kier alpha value is -0.740. The Labute approximate surface area is 254 Å². The van der Waals surface area contributed by atoms with Crippen molar-refractivity contribution in [1.82, 2.24) is 0 Å². The molecule has 4 saturated carbocycles. The topological polar surface area (TPSA) is 26.0 Å². The van der Waals surface area contributed by atoms with Gasteiger partial charge in [0.2, 0.25) is 0 Å². The van der Waals surface area contributed by atoms with Crippen molar-refractivity contribution in [2.24, 2.45) is 5.73 Å². The van der Waals surface area contributed by atoms with E-state index in [2.05, 4.69) is 48.5 Å². The van der Waals surface area contributed by atoms with E-state index in [1.807, 2.05) is 0 Å². The molecule has 2 N–H and O–H groups in total. The summed E-state index contributed by atoms with van der Waals surface area (Å²) in [6.45, 7) is 0.741. The molecule has 0 radical (unpaired) electrons. The first kappa shape index (κ1) is 30.3. The van der Waals surface area contributed by atoms with Crippen LogP contribution in [0.15, 0.2) is 48.5 Å². The molecule has 0 saturated heterocycles. The highest BCUT2D eigenvalue weighted by Crippen LogP contribution is 2.58. The van der Waals surface area contributed by atoms with Gasteiger partial charge in [-0.25, -0.2) is 0 Å². The second-order valence-electron chi connectivity index (χ2n) is 13.9.